The normalized spacial score (nSPS) is 15.8. The molecule has 2 aromatic heterocycles. The number of hydrogen-bond donors (Lipinski definition) is 3. The van der Waals surface area contributed by atoms with Gasteiger partial charge in [0.25, 0.3) is 0 Å². The number of nitrogens with one attached hydrogen (secondary N) is 3. The zero-order valence-corrected chi connectivity index (χ0v) is 8.77. The summed E-state index contributed by atoms with van der Waals surface area (Å²) < 4.78 is 0. The molecule has 1 fully saturated rings. The van der Waals surface area contributed by atoms with E-state index in [1.54, 1.807) is 0 Å². The summed E-state index contributed by atoms with van der Waals surface area (Å²) in [6, 6.07) is 6.41. The molecule has 5 nitrogen and oxygen atoms in total. The van der Waals surface area contributed by atoms with Crippen LogP contribution >= 0.6 is 0 Å². The standard InChI is InChI=1S/C11H13N5/c1-2-11(14-9-6-13-7-9)16-15-10(1)8-3-4-12-5-8/h1-5,9,12-13H,6-7H2,(H,14,16). The molecule has 0 atom stereocenters. The van der Waals surface area contributed by atoms with Gasteiger partial charge >= 0.3 is 0 Å². The predicted octanol–water partition coefficient (Wildman–Crippen LogP) is 0.855. The largest absolute Gasteiger partial charge is 0.367 e. The van der Waals surface area contributed by atoms with E-state index in [9.17, 15) is 0 Å². The Balaban J connectivity index is 1.74. The molecule has 0 saturated carbocycles. The first-order chi connectivity index (χ1) is 7.92. The highest BCUT2D eigenvalue weighted by Gasteiger charge is 2.16. The van der Waals surface area contributed by atoms with Gasteiger partial charge in [-0.15, -0.1) is 10.2 Å². The summed E-state index contributed by atoms with van der Waals surface area (Å²) in [7, 11) is 0. The van der Waals surface area contributed by atoms with Crippen LogP contribution in [0, 0.1) is 0 Å². The van der Waals surface area contributed by atoms with E-state index in [-0.39, 0.29) is 0 Å². The third-order valence-electron chi connectivity index (χ3n) is 2.69. The van der Waals surface area contributed by atoms with Crippen molar-refractivity contribution < 1.29 is 0 Å². The second kappa shape index (κ2) is 3.94. The van der Waals surface area contributed by atoms with E-state index in [1.165, 1.54) is 0 Å². The minimum Gasteiger partial charge on any atom is -0.367 e. The number of rotatable bonds is 3. The summed E-state index contributed by atoms with van der Waals surface area (Å²) in [5.41, 5.74) is 1.95. The van der Waals surface area contributed by atoms with Crippen molar-refractivity contribution in [1.29, 1.82) is 0 Å². The molecular weight excluding hydrogens is 202 g/mol. The van der Waals surface area contributed by atoms with E-state index in [2.05, 4.69) is 25.8 Å². The number of nitrogens with zero attached hydrogens (tertiary/aromatic N) is 2. The van der Waals surface area contributed by atoms with Gasteiger partial charge in [-0.1, -0.05) is 0 Å². The van der Waals surface area contributed by atoms with Crippen molar-refractivity contribution in [3.63, 3.8) is 0 Å². The van der Waals surface area contributed by atoms with Crippen LogP contribution in [0.5, 0.6) is 0 Å². The minimum atomic E-state index is 0.493. The van der Waals surface area contributed by atoms with Crippen LogP contribution in [0.2, 0.25) is 0 Å². The van der Waals surface area contributed by atoms with Crippen molar-refractivity contribution in [3.8, 4) is 11.3 Å². The van der Waals surface area contributed by atoms with Gasteiger partial charge in [0.05, 0.1) is 11.7 Å². The predicted molar refractivity (Wildman–Crippen MR) is 62.1 cm³/mol. The molecule has 0 unspecified atom stereocenters. The zero-order chi connectivity index (χ0) is 10.8. The lowest BCUT2D eigenvalue weighted by atomic mass is 10.2. The molecule has 0 spiro atoms. The van der Waals surface area contributed by atoms with Crippen molar-refractivity contribution in [2.75, 3.05) is 18.4 Å². The second-order valence-corrected chi connectivity index (χ2v) is 3.90. The van der Waals surface area contributed by atoms with Crippen LogP contribution in [0.25, 0.3) is 11.3 Å². The van der Waals surface area contributed by atoms with E-state index in [0.29, 0.717) is 6.04 Å². The molecule has 1 aliphatic rings. The van der Waals surface area contributed by atoms with Gasteiger partial charge < -0.3 is 15.6 Å². The van der Waals surface area contributed by atoms with E-state index in [1.807, 2.05) is 30.6 Å². The van der Waals surface area contributed by atoms with Crippen molar-refractivity contribution in [3.05, 3.63) is 30.6 Å². The first kappa shape index (κ1) is 9.35. The Kier molecular flexibility index (Phi) is 2.30. The van der Waals surface area contributed by atoms with E-state index in [4.69, 9.17) is 0 Å². The van der Waals surface area contributed by atoms with Gasteiger partial charge in [0.1, 0.15) is 5.82 Å². The number of aromatic nitrogens is 3. The van der Waals surface area contributed by atoms with Crippen LogP contribution < -0.4 is 10.6 Å². The lowest BCUT2D eigenvalue weighted by molar-refractivity contribution is 0.470. The van der Waals surface area contributed by atoms with Crippen LogP contribution in [0.3, 0.4) is 0 Å². The maximum atomic E-state index is 4.18. The van der Waals surface area contributed by atoms with Crippen LogP contribution in [-0.2, 0) is 0 Å². The third-order valence-corrected chi connectivity index (χ3v) is 2.69. The first-order valence-corrected chi connectivity index (χ1v) is 5.36. The third kappa shape index (κ3) is 1.77. The Hall–Kier alpha value is -1.88. The number of anilines is 1. The van der Waals surface area contributed by atoms with Crippen LogP contribution in [-0.4, -0.2) is 34.3 Å². The van der Waals surface area contributed by atoms with Crippen molar-refractivity contribution in [1.82, 2.24) is 20.5 Å². The molecule has 82 valence electrons. The highest BCUT2D eigenvalue weighted by atomic mass is 15.2. The SMILES string of the molecule is c1cc(-c2ccc(NC3CNC3)nn2)c[nH]1. The van der Waals surface area contributed by atoms with Gasteiger partial charge in [-0.3, -0.25) is 0 Å². The molecule has 3 N–H and O–H groups in total. The summed E-state index contributed by atoms with van der Waals surface area (Å²) in [6.45, 7) is 2.00. The smallest absolute Gasteiger partial charge is 0.148 e. The molecular formula is C11H13N5. The fourth-order valence-electron chi connectivity index (χ4n) is 1.65. The molecule has 1 saturated heterocycles. The zero-order valence-electron chi connectivity index (χ0n) is 8.77. The summed E-state index contributed by atoms with van der Waals surface area (Å²) in [6.07, 6.45) is 3.79. The maximum absolute atomic E-state index is 4.18. The Bertz CT molecular complexity index is 444. The summed E-state index contributed by atoms with van der Waals surface area (Å²) >= 11 is 0. The fourth-order valence-corrected chi connectivity index (χ4v) is 1.65. The monoisotopic (exact) mass is 215 g/mol. The first-order valence-electron chi connectivity index (χ1n) is 5.36. The number of hydrogen-bond acceptors (Lipinski definition) is 4. The molecule has 16 heavy (non-hydrogen) atoms. The molecule has 2 aromatic rings. The molecule has 0 amide bonds. The van der Waals surface area contributed by atoms with Crippen molar-refractivity contribution in [2.45, 2.75) is 6.04 Å². The van der Waals surface area contributed by atoms with Gasteiger partial charge in [0.15, 0.2) is 0 Å². The van der Waals surface area contributed by atoms with Crippen molar-refractivity contribution >= 4 is 5.82 Å². The Morgan fingerprint density at radius 2 is 2.12 bits per heavy atom. The maximum Gasteiger partial charge on any atom is 0.148 e. The Morgan fingerprint density at radius 3 is 2.69 bits per heavy atom. The van der Waals surface area contributed by atoms with Gasteiger partial charge in [-0.25, -0.2) is 0 Å². The minimum absolute atomic E-state index is 0.493. The topological polar surface area (TPSA) is 65.6 Å². The average Bonchev–Trinajstić information content (AvgIpc) is 2.78. The average molecular weight is 215 g/mol. The van der Waals surface area contributed by atoms with Crippen LogP contribution in [0.1, 0.15) is 0 Å². The van der Waals surface area contributed by atoms with E-state index < -0.39 is 0 Å². The summed E-state index contributed by atoms with van der Waals surface area (Å²) in [4.78, 5) is 3.00. The molecule has 0 aliphatic carbocycles. The fraction of sp³-hybridized carbons (Fsp3) is 0.273. The Morgan fingerprint density at radius 1 is 1.19 bits per heavy atom. The lowest BCUT2D eigenvalue weighted by Crippen LogP contribution is -2.51. The lowest BCUT2D eigenvalue weighted by Gasteiger charge is -2.28. The quantitative estimate of drug-likeness (QED) is 0.710. The molecule has 3 heterocycles. The van der Waals surface area contributed by atoms with E-state index >= 15 is 0 Å². The van der Waals surface area contributed by atoms with Crippen molar-refractivity contribution in [2.24, 2.45) is 0 Å². The number of H-pyrrole nitrogens is 1. The van der Waals surface area contributed by atoms with Gasteiger partial charge in [0, 0.05) is 31.0 Å². The van der Waals surface area contributed by atoms with Crippen LogP contribution in [0.4, 0.5) is 5.82 Å². The van der Waals surface area contributed by atoms with Gasteiger partial charge in [0.2, 0.25) is 0 Å². The highest BCUT2D eigenvalue weighted by molar-refractivity contribution is 5.58. The van der Waals surface area contributed by atoms with Gasteiger partial charge in [-0.05, 0) is 18.2 Å². The number of aromatic amines is 1. The summed E-state index contributed by atoms with van der Waals surface area (Å²) in [5, 5.41) is 14.8. The Labute approximate surface area is 93.3 Å². The van der Waals surface area contributed by atoms with Gasteiger partial charge in [-0.2, -0.15) is 0 Å². The molecule has 3 rings (SSSR count). The summed E-state index contributed by atoms with van der Waals surface area (Å²) in [5.74, 6) is 0.839. The molecule has 0 bridgehead atoms. The second-order valence-electron chi connectivity index (χ2n) is 3.90. The molecule has 0 radical (unpaired) electrons. The molecule has 5 heteroatoms. The van der Waals surface area contributed by atoms with E-state index in [0.717, 1.165) is 30.2 Å². The molecule has 0 aromatic carbocycles. The highest BCUT2D eigenvalue weighted by Crippen LogP contribution is 2.16. The van der Waals surface area contributed by atoms with Crippen LogP contribution in [0.15, 0.2) is 30.6 Å². The molecule has 1 aliphatic heterocycles.